The lowest BCUT2D eigenvalue weighted by molar-refractivity contribution is -0.146. The molecular formula is C28H29F4N3O3. The number of hydrogen-bond donors (Lipinski definition) is 2. The van der Waals surface area contributed by atoms with E-state index < -0.39 is 60.4 Å². The monoisotopic (exact) mass is 531 g/mol. The molecule has 1 fully saturated rings. The SMILES string of the molecule is Cc1cccc(C2=N[C@H](NC(=O)[C@H](CCC(F)(F)F)[C@H](CC3CC3)C(N)=O)C(=O)Cc3c(F)cccc32)c1. The molecule has 0 spiro atoms. The lowest BCUT2D eigenvalue weighted by atomic mass is 9.83. The highest BCUT2D eigenvalue weighted by atomic mass is 19.4. The summed E-state index contributed by atoms with van der Waals surface area (Å²) < 4.78 is 54.1. The molecule has 6 nitrogen and oxygen atoms in total. The normalized spacial score (nSPS) is 19.1. The van der Waals surface area contributed by atoms with Gasteiger partial charge in [0.15, 0.2) is 11.9 Å². The second-order valence-electron chi connectivity index (χ2n) is 10.1. The zero-order valence-electron chi connectivity index (χ0n) is 20.9. The molecule has 0 radical (unpaired) electrons. The fourth-order valence-electron chi connectivity index (χ4n) is 4.90. The first-order valence-electron chi connectivity index (χ1n) is 12.5. The van der Waals surface area contributed by atoms with Gasteiger partial charge >= 0.3 is 6.18 Å². The van der Waals surface area contributed by atoms with Crippen LogP contribution < -0.4 is 11.1 Å². The molecule has 1 saturated carbocycles. The Morgan fingerprint density at radius 3 is 2.47 bits per heavy atom. The highest BCUT2D eigenvalue weighted by molar-refractivity contribution is 6.16. The predicted octanol–water partition coefficient (Wildman–Crippen LogP) is 4.40. The summed E-state index contributed by atoms with van der Waals surface area (Å²) in [5.41, 5.74) is 7.78. The van der Waals surface area contributed by atoms with Crippen molar-refractivity contribution in [1.82, 2.24) is 5.32 Å². The topological polar surface area (TPSA) is 102 Å². The average molecular weight is 532 g/mol. The van der Waals surface area contributed by atoms with Crippen LogP contribution >= 0.6 is 0 Å². The molecule has 2 aromatic carbocycles. The van der Waals surface area contributed by atoms with Crippen molar-refractivity contribution in [1.29, 1.82) is 0 Å². The number of primary amides is 1. The maximum atomic E-state index is 14.8. The van der Waals surface area contributed by atoms with E-state index in [1.807, 2.05) is 13.0 Å². The minimum absolute atomic E-state index is 0.117. The Bertz CT molecular complexity index is 1270. The van der Waals surface area contributed by atoms with E-state index in [0.29, 0.717) is 11.1 Å². The lowest BCUT2D eigenvalue weighted by Crippen LogP contribution is -2.47. The second-order valence-corrected chi connectivity index (χ2v) is 10.1. The minimum Gasteiger partial charge on any atom is -0.369 e. The van der Waals surface area contributed by atoms with Gasteiger partial charge in [0.05, 0.1) is 5.71 Å². The quantitative estimate of drug-likeness (QED) is 0.469. The number of fused-ring (bicyclic) bond motifs is 1. The number of nitrogens with one attached hydrogen (secondary N) is 1. The van der Waals surface area contributed by atoms with Crippen LogP contribution in [0.5, 0.6) is 0 Å². The number of hydrogen-bond acceptors (Lipinski definition) is 4. The van der Waals surface area contributed by atoms with Crippen LogP contribution in [-0.4, -0.2) is 35.7 Å². The van der Waals surface area contributed by atoms with Gasteiger partial charge < -0.3 is 11.1 Å². The van der Waals surface area contributed by atoms with Crippen molar-refractivity contribution in [3.05, 3.63) is 70.5 Å². The van der Waals surface area contributed by atoms with Crippen LogP contribution in [0.3, 0.4) is 0 Å². The average Bonchev–Trinajstić information content (AvgIpc) is 3.66. The van der Waals surface area contributed by atoms with E-state index in [4.69, 9.17) is 5.73 Å². The van der Waals surface area contributed by atoms with Crippen LogP contribution in [0.25, 0.3) is 0 Å². The van der Waals surface area contributed by atoms with Gasteiger partial charge in [0.25, 0.3) is 0 Å². The molecule has 1 aliphatic heterocycles. The number of benzene rings is 2. The van der Waals surface area contributed by atoms with Gasteiger partial charge in [-0.25, -0.2) is 4.39 Å². The maximum absolute atomic E-state index is 14.8. The third-order valence-corrected chi connectivity index (χ3v) is 7.07. The molecule has 4 rings (SSSR count). The fourth-order valence-corrected chi connectivity index (χ4v) is 4.90. The van der Waals surface area contributed by atoms with Crippen molar-refractivity contribution in [2.75, 3.05) is 0 Å². The first kappa shape index (κ1) is 27.5. The van der Waals surface area contributed by atoms with E-state index in [2.05, 4.69) is 10.3 Å². The Balaban J connectivity index is 1.69. The zero-order valence-corrected chi connectivity index (χ0v) is 20.9. The number of halogens is 4. The van der Waals surface area contributed by atoms with Crippen molar-refractivity contribution in [2.24, 2.45) is 28.5 Å². The molecule has 38 heavy (non-hydrogen) atoms. The van der Waals surface area contributed by atoms with E-state index >= 15 is 0 Å². The van der Waals surface area contributed by atoms with Crippen molar-refractivity contribution in [2.45, 2.75) is 57.8 Å². The zero-order chi connectivity index (χ0) is 27.6. The number of carbonyl (C=O) groups is 3. The number of Topliss-reactive ketones (excluding diaryl/α,β-unsaturated/α-hetero) is 1. The Hall–Kier alpha value is -3.56. The van der Waals surface area contributed by atoms with Gasteiger partial charge in [-0.15, -0.1) is 0 Å². The Labute approximate surface area is 217 Å². The van der Waals surface area contributed by atoms with Gasteiger partial charge in [0, 0.05) is 41.4 Å². The van der Waals surface area contributed by atoms with Crippen LogP contribution in [0.1, 0.15) is 54.4 Å². The summed E-state index contributed by atoms with van der Waals surface area (Å²) in [7, 11) is 0. The summed E-state index contributed by atoms with van der Waals surface area (Å²) in [5.74, 6) is -5.37. The van der Waals surface area contributed by atoms with E-state index in [1.165, 1.54) is 12.1 Å². The number of rotatable bonds is 9. The smallest absolute Gasteiger partial charge is 0.369 e. The number of alkyl halides is 3. The van der Waals surface area contributed by atoms with E-state index in [-0.39, 0.29) is 30.0 Å². The number of aliphatic imine (C=N–C) groups is 1. The summed E-state index contributed by atoms with van der Waals surface area (Å²) in [6.45, 7) is 1.85. The molecule has 3 atom stereocenters. The molecular weight excluding hydrogens is 502 g/mol. The second kappa shape index (κ2) is 11.0. The van der Waals surface area contributed by atoms with Crippen LogP contribution in [0.4, 0.5) is 17.6 Å². The molecule has 0 saturated heterocycles. The molecule has 2 aliphatic rings. The van der Waals surface area contributed by atoms with Gasteiger partial charge in [-0.2, -0.15) is 13.2 Å². The highest BCUT2D eigenvalue weighted by Crippen LogP contribution is 2.39. The van der Waals surface area contributed by atoms with Crippen molar-refractivity contribution in [3.8, 4) is 0 Å². The summed E-state index contributed by atoms with van der Waals surface area (Å²) in [4.78, 5) is 43.3. The van der Waals surface area contributed by atoms with Crippen molar-refractivity contribution < 1.29 is 31.9 Å². The first-order chi connectivity index (χ1) is 17.9. The molecule has 202 valence electrons. The molecule has 10 heteroatoms. The maximum Gasteiger partial charge on any atom is 0.389 e. The minimum atomic E-state index is -4.55. The van der Waals surface area contributed by atoms with Gasteiger partial charge in [-0.05, 0) is 37.8 Å². The van der Waals surface area contributed by atoms with Crippen LogP contribution in [0.2, 0.25) is 0 Å². The number of carbonyl (C=O) groups excluding carboxylic acids is 3. The number of aryl methyl sites for hydroxylation is 1. The van der Waals surface area contributed by atoms with Crippen molar-refractivity contribution >= 4 is 23.3 Å². The van der Waals surface area contributed by atoms with Crippen LogP contribution in [0.15, 0.2) is 47.5 Å². The molecule has 3 N–H and O–H groups in total. The fraction of sp³-hybridized carbons (Fsp3) is 0.429. The molecule has 0 aromatic heterocycles. The standard InChI is InChI=1S/C28H29F4N3O3/c1-15-4-2-5-17(12-15)24-18-6-3-7-22(29)20(18)14-23(36)26(34-24)35-27(38)19(10-11-28(30,31)32)21(25(33)37)13-16-8-9-16/h2-7,12,16,19,21,26H,8-11,13-14H2,1H3,(H2,33,37)(H,35,38)/t19-,21+,26-/m1/s1. The highest BCUT2D eigenvalue weighted by Gasteiger charge is 2.41. The van der Waals surface area contributed by atoms with E-state index in [1.54, 1.807) is 24.3 Å². The first-order valence-corrected chi connectivity index (χ1v) is 12.5. The molecule has 2 amide bonds. The Morgan fingerprint density at radius 1 is 1.13 bits per heavy atom. The largest absolute Gasteiger partial charge is 0.389 e. The molecule has 0 unspecified atom stereocenters. The number of nitrogens with two attached hydrogens (primary N) is 1. The Kier molecular flexibility index (Phi) is 7.99. The van der Waals surface area contributed by atoms with Gasteiger partial charge in [0.1, 0.15) is 5.82 Å². The van der Waals surface area contributed by atoms with Crippen molar-refractivity contribution in [3.63, 3.8) is 0 Å². The molecule has 0 bridgehead atoms. The lowest BCUT2D eigenvalue weighted by Gasteiger charge is -2.26. The van der Waals surface area contributed by atoms with Crippen LogP contribution in [0, 0.1) is 30.5 Å². The third kappa shape index (κ3) is 6.65. The van der Waals surface area contributed by atoms with Crippen LogP contribution in [-0.2, 0) is 20.8 Å². The number of amides is 2. The summed E-state index contributed by atoms with van der Waals surface area (Å²) in [6.07, 6.45) is -6.51. The summed E-state index contributed by atoms with van der Waals surface area (Å²) in [5, 5.41) is 2.47. The third-order valence-electron chi connectivity index (χ3n) is 7.07. The predicted molar refractivity (Wildman–Crippen MR) is 133 cm³/mol. The summed E-state index contributed by atoms with van der Waals surface area (Å²) >= 11 is 0. The van der Waals surface area contributed by atoms with E-state index in [0.717, 1.165) is 18.4 Å². The number of nitrogens with zero attached hydrogens (tertiary/aromatic N) is 1. The Morgan fingerprint density at radius 2 is 1.84 bits per heavy atom. The van der Waals surface area contributed by atoms with E-state index in [9.17, 15) is 31.9 Å². The van der Waals surface area contributed by atoms with Gasteiger partial charge in [-0.3, -0.25) is 19.4 Å². The molecule has 1 aliphatic carbocycles. The van der Waals surface area contributed by atoms with Gasteiger partial charge in [-0.1, -0.05) is 48.7 Å². The van der Waals surface area contributed by atoms with Gasteiger partial charge in [0.2, 0.25) is 11.8 Å². The molecule has 2 aromatic rings. The summed E-state index contributed by atoms with van der Waals surface area (Å²) in [6, 6.07) is 11.5. The number of ketones is 1. The molecule has 1 heterocycles.